The Morgan fingerprint density at radius 2 is 1.83 bits per heavy atom. The number of anilines is 1. The summed E-state index contributed by atoms with van der Waals surface area (Å²) in [6, 6.07) is 12.0. The van der Waals surface area contributed by atoms with E-state index in [0.29, 0.717) is 11.1 Å². The first-order valence-corrected chi connectivity index (χ1v) is 11.1. The van der Waals surface area contributed by atoms with Gasteiger partial charge in [-0.25, -0.2) is 17.6 Å². The molecule has 0 fully saturated rings. The van der Waals surface area contributed by atoms with Gasteiger partial charge in [0, 0.05) is 5.56 Å². The third kappa shape index (κ3) is 4.49. The highest BCUT2D eigenvalue weighted by Crippen LogP contribution is 2.35. The van der Waals surface area contributed by atoms with E-state index < -0.39 is 21.8 Å². The van der Waals surface area contributed by atoms with E-state index in [1.807, 2.05) is 20.8 Å². The summed E-state index contributed by atoms with van der Waals surface area (Å²) in [6.45, 7) is 5.98. The smallest absolute Gasteiger partial charge is 0.348 e. The summed E-state index contributed by atoms with van der Waals surface area (Å²) >= 11 is 0.926. The van der Waals surface area contributed by atoms with Crippen LogP contribution in [0, 0.1) is 5.82 Å². The Hall–Kier alpha value is -2.71. The summed E-state index contributed by atoms with van der Waals surface area (Å²) in [5, 5.41) is 10.7. The molecule has 1 heterocycles. The Bertz CT molecular complexity index is 1180. The van der Waals surface area contributed by atoms with Crippen molar-refractivity contribution in [1.29, 1.82) is 0 Å². The van der Waals surface area contributed by atoms with Crippen LogP contribution in [0.15, 0.2) is 58.8 Å². The van der Waals surface area contributed by atoms with Crippen LogP contribution in [0.3, 0.4) is 0 Å². The number of rotatable bonds is 5. The predicted molar refractivity (Wildman–Crippen MR) is 113 cm³/mol. The van der Waals surface area contributed by atoms with Crippen LogP contribution >= 0.6 is 11.3 Å². The van der Waals surface area contributed by atoms with Gasteiger partial charge in [-0.05, 0) is 52.3 Å². The molecule has 2 N–H and O–H groups in total. The summed E-state index contributed by atoms with van der Waals surface area (Å²) in [7, 11) is -4.12. The van der Waals surface area contributed by atoms with Crippen LogP contribution in [0.25, 0.3) is 11.1 Å². The summed E-state index contributed by atoms with van der Waals surface area (Å²) in [5.74, 6) is -1.70. The van der Waals surface area contributed by atoms with E-state index in [0.717, 1.165) is 16.9 Å². The molecule has 0 spiro atoms. The van der Waals surface area contributed by atoms with Crippen molar-refractivity contribution in [2.24, 2.45) is 0 Å². The minimum Gasteiger partial charge on any atom is -0.477 e. The maximum absolute atomic E-state index is 13.8. The van der Waals surface area contributed by atoms with Gasteiger partial charge in [0.2, 0.25) is 0 Å². The number of hydrogen-bond donors (Lipinski definition) is 2. The number of carboxylic acids is 1. The van der Waals surface area contributed by atoms with Crippen molar-refractivity contribution in [3.63, 3.8) is 0 Å². The normalized spacial score (nSPS) is 12.0. The van der Waals surface area contributed by atoms with Crippen molar-refractivity contribution in [2.75, 3.05) is 4.72 Å². The van der Waals surface area contributed by atoms with Crippen molar-refractivity contribution in [1.82, 2.24) is 0 Å². The zero-order chi connectivity index (χ0) is 21.4. The van der Waals surface area contributed by atoms with Crippen LogP contribution in [-0.2, 0) is 15.4 Å². The molecule has 0 atom stereocenters. The number of sulfonamides is 1. The van der Waals surface area contributed by atoms with Crippen molar-refractivity contribution < 1.29 is 22.7 Å². The maximum atomic E-state index is 13.8. The van der Waals surface area contributed by atoms with Crippen LogP contribution in [0.1, 0.15) is 36.0 Å². The van der Waals surface area contributed by atoms with Gasteiger partial charge in [0.25, 0.3) is 10.0 Å². The van der Waals surface area contributed by atoms with Gasteiger partial charge < -0.3 is 5.11 Å². The van der Waals surface area contributed by atoms with Crippen LogP contribution in [0.2, 0.25) is 0 Å². The van der Waals surface area contributed by atoms with Gasteiger partial charge in [0.15, 0.2) is 0 Å². The predicted octanol–water partition coefficient (Wildman–Crippen LogP) is 5.35. The molecule has 152 valence electrons. The quantitative estimate of drug-likeness (QED) is 0.568. The van der Waals surface area contributed by atoms with Gasteiger partial charge in [0.1, 0.15) is 10.7 Å². The second-order valence-corrected chi connectivity index (χ2v) is 10.1. The fourth-order valence-corrected chi connectivity index (χ4v) is 4.90. The Labute approximate surface area is 172 Å². The highest BCUT2D eigenvalue weighted by atomic mass is 32.2. The lowest BCUT2D eigenvalue weighted by Crippen LogP contribution is -2.17. The molecule has 5 nitrogen and oxygen atoms in total. The molecule has 0 unspecified atom stereocenters. The van der Waals surface area contributed by atoms with Gasteiger partial charge in [0.05, 0.1) is 10.6 Å². The molecule has 0 radical (unpaired) electrons. The molecule has 0 saturated heterocycles. The topological polar surface area (TPSA) is 83.5 Å². The highest BCUT2D eigenvalue weighted by molar-refractivity contribution is 7.92. The average molecular weight is 434 g/mol. The van der Waals surface area contributed by atoms with Gasteiger partial charge >= 0.3 is 5.97 Å². The molecule has 3 aromatic rings. The zero-order valence-corrected chi connectivity index (χ0v) is 17.7. The van der Waals surface area contributed by atoms with Gasteiger partial charge in [-0.1, -0.05) is 39.0 Å². The molecular formula is C21H20FNO4S2. The van der Waals surface area contributed by atoms with E-state index in [9.17, 15) is 22.7 Å². The molecule has 2 aromatic carbocycles. The number of thiophene rings is 1. The first-order chi connectivity index (χ1) is 13.5. The molecule has 0 amide bonds. The Balaban J connectivity index is 2.17. The molecule has 3 rings (SSSR count). The van der Waals surface area contributed by atoms with Crippen LogP contribution < -0.4 is 4.72 Å². The van der Waals surface area contributed by atoms with Gasteiger partial charge in [-0.15, -0.1) is 11.3 Å². The summed E-state index contributed by atoms with van der Waals surface area (Å²) < 4.78 is 42.4. The van der Waals surface area contributed by atoms with Crippen molar-refractivity contribution >= 4 is 33.0 Å². The second kappa shape index (κ2) is 7.61. The van der Waals surface area contributed by atoms with Crippen molar-refractivity contribution in [3.8, 4) is 11.1 Å². The average Bonchev–Trinajstić information content (AvgIpc) is 3.08. The first-order valence-electron chi connectivity index (χ1n) is 8.73. The monoisotopic (exact) mass is 433 g/mol. The summed E-state index contributed by atoms with van der Waals surface area (Å²) in [6.07, 6.45) is 0. The first kappa shape index (κ1) is 21.0. The number of benzene rings is 2. The van der Waals surface area contributed by atoms with E-state index in [1.54, 1.807) is 18.2 Å². The van der Waals surface area contributed by atoms with E-state index in [-0.39, 0.29) is 20.9 Å². The molecule has 0 bridgehead atoms. The molecule has 1 aromatic heterocycles. The number of halogens is 1. The minimum atomic E-state index is -4.12. The maximum Gasteiger partial charge on any atom is 0.348 e. The molecular weight excluding hydrogens is 413 g/mol. The molecule has 0 aliphatic carbocycles. The largest absolute Gasteiger partial charge is 0.477 e. The van der Waals surface area contributed by atoms with Crippen LogP contribution in [-0.4, -0.2) is 19.5 Å². The van der Waals surface area contributed by atoms with Gasteiger partial charge in [-0.2, -0.15) is 0 Å². The molecule has 29 heavy (non-hydrogen) atoms. The van der Waals surface area contributed by atoms with Crippen LogP contribution in [0.5, 0.6) is 0 Å². The van der Waals surface area contributed by atoms with E-state index in [2.05, 4.69) is 4.72 Å². The standard InChI is InChI=1S/C21H20FNO4S2/c1-21(2,3)14-7-8-18(16(12-14)13-5-4-6-15(22)11-13)29(26,27)23-17-9-10-28-19(17)20(24)25/h4-12,23H,1-3H3,(H,24,25). The van der Waals surface area contributed by atoms with Crippen molar-refractivity contribution in [2.45, 2.75) is 31.1 Å². The minimum absolute atomic E-state index is 0.00686. The fourth-order valence-electron chi connectivity index (χ4n) is 2.87. The molecule has 0 saturated carbocycles. The molecule has 0 aliphatic heterocycles. The SMILES string of the molecule is CC(C)(C)c1ccc(S(=O)(=O)Nc2ccsc2C(=O)O)c(-c2cccc(F)c2)c1. The highest BCUT2D eigenvalue weighted by Gasteiger charge is 2.25. The lowest BCUT2D eigenvalue weighted by atomic mass is 9.85. The third-order valence-corrected chi connectivity index (χ3v) is 6.70. The summed E-state index contributed by atoms with van der Waals surface area (Å²) in [5.41, 5.74) is 1.39. The Morgan fingerprint density at radius 3 is 2.45 bits per heavy atom. The molecule has 0 aliphatic rings. The lowest BCUT2D eigenvalue weighted by Gasteiger charge is -2.22. The van der Waals surface area contributed by atoms with Gasteiger partial charge in [-0.3, -0.25) is 4.72 Å². The fraction of sp³-hybridized carbons (Fsp3) is 0.190. The number of hydrogen-bond acceptors (Lipinski definition) is 4. The lowest BCUT2D eigenvalue weighted by molar-refractivity contribution is 0.0703. The van der Waals surface area contributed by atoms with Crippen LogP contribution in [0.4, 0.5) is 10.1 Å². The van der Waals surface area contributed by atoms with E-state index in [4.69, 9.17) is 0 Å². The zero-order valence-electron chi connectivity index (χ0n) is 16.1. The number of carbonyl (C=O) groups is 1. The number of carboxylic acid groups (broad SMARTS) is 1. The number of aromatic carboxylic acids is 1. The van der Waals surface area contributed by atoms with E-state index in [1.165, 1.54) is 35.7 Å². The Kier molecular flexibility index (Phi) is 5.51. The third-order valence-electron chi connectivity index (χ3n) is 4.37. The number of nitrogens with one attached hydrogen (secondary N) is 1. The van der Waals surface area contributed by atoms with E-state index >= 15 is 0 Å². The summed E-state index contributed by atoms with van der Waals surface area (Å²) in [4.78, 5) is 11.2. The van der Waals surface area contributed by atoms with Crippen molar-refractivity contribution in [3.05, 3.63) is 70.2 Å². The second-order valence-electron chi connectivity index (χ2n) is 7.55. The Morgan fingerprint density at radius 1 is 1.10 bits per heavy atom. The molecule has 8 heteroatoms.